The molecule has 29 heavy (non-hydrogen) atoms. The molecule has 1 aromatic rings. The first-order valence-corrected chi connectivity index (χ1v) is 12.0. The average Bonchev–Trinajstić information content (AvgIpc) is 3.21. The van der Waals surface area contributed by atoms with Crippen LogP contribution in [0.25, 0.3) is 0 Å². The summed E-state index contributed by atoms with van der Waals surface area (Å²) in [5.74, 6) is 3.55. The Morgan fingerprint density at radius 2 is 1.69 bits per heavy atom. The molecule has 0 unspecified atom stereocenters. The van der Waals surface area contributed by atoms with E-state index in [0.29, 0.717) is 12.5 Å². The molecule has 0 aliphatic heterocycles. The molecular weight excluding hydrogens is 356 g/mol. The molecule has 164 valence electrons. The number of hydrogen-bond acceptors (Lipinski definition) is 2. The summed E-state index contributed by atoms with van der Waals surface area (Å²) in [7, 11) is 0. The van der Waals surface area contributed by atoms with Crippen LogP contribution in [0.15, 0.2) is 42.5 Å². The highest BCUT2D eigenvalue weighted by molar-refractivity contribution is 5.13. The van der Waals surface area contributed by atoms with Crippen molar-refractivity contribution in [3.63, 3.8) is 0 Å². The Bertz CT molecular complexity index is 553. The van der Waals surface area contributed by atoms with E-state index in [2.05, 4.69) is 57.2 Å². The fourth-order valence-electron chi connectivity index (χ4n) is 4.46. The zero-order valence-corrected chi connectivity index (χ0v) is 19.1. The van der Waals surface area contributed by atoms with Gasteiger partial charge >= 0.3 is 0 Å². The Morgan fingerprint density at radius 1 is 0.931 bits per heavy atom. The lowest BCUT2D eigenvalue weighted by molar-refractivity contribution is 0.107. The van der Waals surface area contributed by atoms with Gasteiger partial charge in [-0.2, -0.15) is 0 Å². The molecule has 1 aliphatic rings. The monoisotopic (exact) mass is 400 g/mol. The van der Waals surface area contributed by atoms with Crippen LogP contribution in [0.1, 0.15) is 77.7 Å². The third-order valence-corrected chi connectivity index (χ3v) is 6.74. The van der Waals surface area contributed by atoms with Crippen LogP contribution in [-0.2, 0) is 11.3 Å². The minimum absolute atomic E-state index is 0.331. The molecule has 1 aromatic carbocycles. The smallest absolute Gasteiger partial charge is 0.0716 e. The van der Waals surface area contributed by atoms with E-state index in [9.17, 15) is 0 Å². The van der Waals surface area contributed by atoms with E-state index in [1.54, 1.807) is 0 Å². The third kappa shape index (κ3) is 9.96. The van der Waals surface area contributed by atoms with Crippen LogP contribution in [0, 0.1) is 29.6 Å². The minimum atomic E-state index is 0.331. The van der Waals surface area contributed by atoms with E-state index in [4.69, 9.17) is 9.84 Å². The Kier molecular flexibility index (Phi) is 11.6. The first kappa shape index (κ1) is 24.2. The minimum Gasteiger partial charge on any atom is -0.396 e. The van der Waals surface area contributed by atoms with Gasteiger partial charge in [-0.15, -0.1) is 0 Å². The molecule has 2 rings (SSSR count). The zero-order chi connectivity index (χ0) is 20.9. The predicted octanol–water partition coefficient (Wildman–Crippen LogP) is 7.03. The predicted molar refractivity (Wildman–Crippen MR) is 124 cm³/mol. The zero-order valence-electron chi connectivity index (χ0n) is 19.1. The second-order valence-corrected chi connectivity index (χ2v) is 9.60. The molecule has 2 nitrogen and oxygen atoms in total. The summed E-state index contributed by atoms with van der Waals surface area (Å²) in [6.45, 7) is 8.86. The molecule has 0 radical (unpaired) electrons. The van der Waals surface area contributed by atoms with Crippen molar-refractivity contribution in [1.29, 1.82) is 0 Å². The van der Waals surface area contributed by atoms with Crippen molar-refractivity contribution >= 4 is 0 Å². The van der Waals surface area contributed by atoms with Crippen LogP contribution >= 0.6 is 0 Å². The largest absolute Gasteiger partial charge is 0.396 e. The van der Waals surface area contributed by atoms with E-state index in [-0.39, 0.29) is 0 Å². The topological polar surface area (TPSA) is 29.5 Å². The van der Waals surface area contributed by atoms with Crippen LogP contribution in [-0.4, -0.2) is 18.3 Å². The molecule has 1 aliphatic carbocycles. The van der Waals surface area contributed by atoms with Gasteiger partial charge in [0.05, 0.1) is 6.61 Å². The molecular formula is C27H44O2. The SMILES string of the molecule is C[C@H](CCC[C@H]1C=C[C@H]([C@H](C)CCC[C@H](C)CO)C1)CCOCc1ccccc1. The van der Waals surface area contributed by atoms with Gasteiger partial charge in [-0.3, -0.25) is 0 Å². The van der Waals surface area contributed by atoms with E-state index in [1.807, 2.05) is 6.07 Å². The first-order valence-electron chi connectivity index (χ1n) is 12.0. The lowest BCUT2D eigenvalue weighted by atomic mass is 9.85. The summed E-state index contributed by atoms with van der Waals surface area (Å²) in [4.78, 5) is 0. The van der Waals surface area contributed by atoms with Crippen LogP contribution in [0.3, 0.4) is 0 Å². The van der Waals surface area contributed by atoms with Crippen molar-refractivity contribution in [2.45, 2.75) is 78.7 Å². The fraction of sp³-hybridized carbons (Fsp3) is 0.704. The number of rotatable bonds is 15. The number of aliphatic hydroxyl groups is 1. The van der Waals surface area contributed by atoms with Crippen LogP contribution in [0.2, 0.25) is 0 Å². The second kappa shape index (κ2) is 14.0. The van der Waals surface area contributed by atoms with Gasteiger partial charge in [0.25, 0.3) is 0 Å². The van der Waals surface area contributed by atoms with Crippen molar-refractivity contribution in [2.75, 3.05) is 13.2 Å². The van der Waals surface area contributed by atoms with Gasteiger partial charge in [0.1, 0.15) is 0 Å². The van der Waals surface area contributed by atoms with E-state index in [1.165, 1.54) is 50.5 Å². The van der Waals surface area contributed by atoms with Crippen molar-refractivity contribution in [3.8, 4) is 0 Å². The number of allylic oxidation sites excluding steroid dienone is 2. The number of hydrogen-bond donors (Lipinski definition) is 1. The second-order valence-electron chi connectivity index (χ2n) is 9.60. The van der Waals surface area contributed by atoms with Crippen molar-refractivity contribution in [2.24, 2.45) is 29.6 Å². The Morgan fingerprint density at radius 3 is 2.45 bits per heavy atom. The Labute approximate surface area is 179 Å². The maximum Gasteiger partial charge on any atom is 0.0716 e. The number of ether oxygens (including phenoxy) is 1. The van der Waals surface area contributed by atoms with Gasteiger partial charge in [0.15, 0.2) is 0 Å². The Hall–Kier alpha value is -1.12. The van der Waals surface area contributed by atoms with E-state index in [0.717, 1.165) is 43.3 Å². The summed E-state index contributed by atoms with van der Waals surface area (Å²) in [6.07, 6.45) is 15.2. The fourth-order valence-corrected chi connectivity index (χ4v) is 4.46. The number of benzene rings is 1. The molecule has 0 fully saturated rings. The van der Waals surface area contributed by atoms with Gasteiger partial charge < -0.3 is 9.84 Å². The average molecular weight is 401 g/mol. The van der Waals surface area contributed by atoms with Crippen LogP contribution in [0.5, 0.6) is 0 Å². The molecule has 0 spiro atoms. The summed E-state index contributed by atoms with van der Waals surface area (Å²) in [5, 5.41) is 9.16. The Balaban J connectivity index is 1.49. The maximum absolute atomic E-state index is 9.16. The molecule has 5 atom stereocenters. The highest BCUT2D eigenvalue weighted by Crippen LogP contribution is 2.35. The van der Waals surface area contributed by atoms with Crippen molar-refractivity contribution in [3.05, 3.63) is 48.0 Å². The summed E-state index contributed by atoms with van der Waals surface area (Å²) in [5.41, 5.74) is 1.26. The lowest BCUT2D eigenvalue weighted by Crippen LogP contribution is -2.10. The molecule has 0 saturated heterocycles. The van der Waals surface area contributed by atoms with Crippen LogP contribution in [0.4, 0.5) is 0 Å². The molecule has 1 N–H and O–H groups in total. The van der Waals surface area contributed by atoms with Gasteiger partial charge in [-0.25, -0.2) is 0 Å². The quantitative estimate of drug-likeness (QED) is 0.253. The van der Waals surface area contributed by atoms with Gasteiger partial charge in [0, 0.05) is 13.2 Å². The van der Waals surface area contributed by atoms with Gasteiger partial charge in [0.2, 0.25) is 0 Å². The van der Waals surface area contributed by atoms with Crippen molar-refractivity contribution < 1.29 is 9.84 Å². The highest BCUT2D eigenvalue weighted by atomic mass is 16.5. The highest BCUT2D eigenvalue weighted by Gasteiger charge is 2.23. The van der Waals surface area contributed by atoms with E-state index < -0.39 is 0 Å². The summed E-state index contributed by atoms with van der Waals surface area (Å²) in [6, 6.07) is 10.4. The van der Waals surface area contributed by atoms with Gasteiger partial charge in [-0.05, 0) is 60.8 Å². The van der Waals surface area contributed by atoms with Gasteiger partial charge in [-0.1, -0.05) is 88.9 Å². The third-order valence-electron chi connectivity index (χ3n) is 6.74. The lowest BCUT2D eigenvalue weighted by Gasteiger charge is -2.20. The maximum atomic E-state index is 9.16. The van der Waals surface area contributed by atoms with Crippen molar-refractivity contribution in [1.82, 2.24) is 0 Å². The molecule has 2 heteroatoms. The molecule has 0 amide bonds. The molecule has 0 bridgehead atoms. The number of aliphatic hydroxyl groups excluding tert-OH is 1. The summed E-state index contributed by atoms with van der Waals surface area (Å²) >= 11 is 0. The molecule has 0 saturated carbocycles. The molecule has 0 aromatic heterocycles. The first-order chi connectivity index (χ1) is 14.1. The molecule has 0 heterocycles. The van der Waals surface area contributed by atoms with E-state index >= 15 is 0 Å². The van der Waals surface area contributed by atoms with Crippen LogP contribution < -0.4 is 0 Å². The standard InChI is InChI=1S/C27H44O2/c1-22(17-18-29-21-26-12-5-4-6-13-26)9-8-14-25-15-16-27(19-25)24(3)11-7-10-23(2)20-28/h4-6,12-13,15-16,22-25,27-28H,7-11,14,17-21H2,1-3H3/t22-,23+,24-,25+,27+/m1/s1. The normalized spacial score (nSPS) is 21.9. The summed E-state index contributed by atoms with van der Waals surface area (Å²) < 4.78 is 5.84.